The summed E-state index contributed by atoms with van der Waals surface area (Å²) in [5, 5.41) is 6.65. The summed E-state index contributed by atoms with van der Waals surface area (Å²) in [5.74, 6) is -0.232. The van der Waals surface area contributed by atoms with Crippen LogP contribution >= 0.6 is 0 Å². The van der Waals surface area contributed by atoms with Crippen molar-refractivity contribution >= 4 is 17.9 Å². The lowest BCUT2D eigenvalue weighted by atomic mass is 10.2. The maximum atomic E-state index is 11.9. The average Bonchev–Trinajstić information content (AvgIpc) is 2.65. The zero-order valence-electron chi connectivity index (χ0n) is 12.4. The molecule has 0 atom stereocenters. The van der Waals surface area contributed by atoms with Gasteiger partial charge < -0.3 is 9.47 Å². The highest BCUT2D eigenvalue weighted by atomic mass is 16.5. The van der Waals surface area contributed by atoms with Crippen molar-refractivity contribution in [1.82, 2.24) is 9.78 Å². The van der Waals surface area contributed by atoms with Crippen molar-refractivity contribution in [1.29, 1.82) is 0 Å². The van der Waals surface area contributed by atoms with E-state index in [1.54, 1.807) is 20.9 Å². The van der Waals surface area contributed by atoms with Gasteiger partial charge in [-0.3, -0.25) is 10.00 Å². The molecule has 1 aromatic rings. The Morgan fingerprint density at radius 2 is 2.00 bits per heavy atom. The van der Waals surface area contributed by atoms with E-state index in [4.69, 9.17) is 9.47 Å². The zero-order valence-corrected chi connectivity index (χ0v) is 12.4. The summed E-state index contributed by atoms with van der Waals surface area (Å²) < 4.78 is 11.4. The molecule has 1 heterocycles. The third-order valence-corrected chi connectivity index (χ3v) is 2.65. The van der Waals surface area contributed by atoms with E-state index in [1.165, 1.54) is 4.68 Å². The number of carbonyl (C=O) groups is 2. The van der Waals surface area contributed by atoms with Crippen LogP contribution in [0.2, 0.25) is 0 Å². The summed E-state index contributed by atoms with van der Waals surface area (Å²) in [6, 6.07) is 0. The van der Waals surface area contributed by atoms with Crippen molar-refractivity contribution in [3.63, 3.8) is 0 Å². The maximum Gasteiger partial charge on any atom is 0.412 e. The standard InChI is InChI=1S/C13H21N3O4/c1-5-7-8-20-13(18)14-11-10(12(17)19-6-2)9(3)15-16(11)4/h5-8H2,1-4H3,(H,14,18). The van der Waals surface area contributed by atoms with E-state index in [2.05, 4.69) is 10.4 Å². The van der Waals surface area contributed by atoms with Crippen molar-refractivity contribution in [2.45, 2.75) is 33.6 Å². The summed E-state index contributed by atoms with van der Waals surface area (Å²) in [4.78, 5) is 23.5. The molecule has 112 valence electrons. The minimum absolute atomic E-state index is 0.252. The van der Waals surface area contributed by atoms with Gasteiger partial charge in [-0.25, -0.2) is 9.59 Å². The van der Waals surface area contributed by atoms with E-state index in [-0.39, 0.29) is 18.0 Å². The number of hydrogen-bond donors (Lipinski definition) is 1. The number of amides is 1. The molecule has 0 aliphatic rings. The second-order valence-corrected chi connectivity index (χ2v) is 4.27. The number of hydrogen-bond acceptors (Lipinski definition) is 5. The largest absolute Gasteiger partial charge is 0.462 e. The van der Waals surface area contributed by atoms with Crippen LogP contribution in [-0.2, 0) is 16.5 Å². The van der Waals surface area contributed by atoms with Gasteiger partial charge in [0.2, 0.25) is 0 Å². The van der Waals surface area contributed by atoms with Crippen LogP contribution in [0.25, 0.3) is 0 Å². The van der Waals surface area contributed by atoms with Crippen LogP contribution in [0.15, 0.2) is 0 Å². The molecule has 7 heteroatoms. The quantitative estimate of drug-likeness (QED) is 0.639. The molecule has 0 saturated carbocycles. The van der Waals surface area contributed by atoms with Crippen LogP contribution in [-0.4, -0.2) is 35.1 Å². The second-order valence-electron chi connectivity index (χ2n) is 4.27. The van der Waals surface area contributed by atoms with Crippen molar-refractivity contribution in [3.8, 4) is 0 Å². The lowest BCUT2D eigenvalue weighted by Gasteiger charge is -2.09. The van der Waals surface area contributed by atoms with Gasteiger partial charge in [0.25, 0.3) is 0 Å². The topological polar surface area (TPSA) is 82.4 Å². The Balaban J connectivity index is 2.83. The molecule has 0 aliphatic carbocycles. The van der Waals surface area contributed by atoms with E-state index >= 15 is 0 Å². The first kappa shape index (κ1) is 16.0. The molecular weight excluding hydrogens is 262 g/mol. The van der Waals surface area contributed by atoms with Crippen molar-refractivity contribution in [2.24, 2.45) is 7.05 Å². The van der Waals surface area contributed by atoms with Gasteiger partial charge in [-0.1, -0.05) is 13.3 Å². The van der Waals surface area contributed by atoms with Crippen LogP contribution in [0.4, 0.5) is 10.6 Å². The molecule has 0 fully saturated rings. The Hall–Kier alpha value is -2.05. The van der Waals surface area contributed by atoms with E-state index in [9.17, 15) is 9.59 Å². The molecule has 0 spiro atoms. The summed E-state index contributed by atoms with van der Waals surface area (Å²) in [6.45, 7) is 6.00. The maximum absolute atomic E-state index is 11.9. The fourth-order valence-corrected chi connectivity index (χ4v) is 1.69. The van der Waals surface area contributed by atoms with Gasteiger partial charge in [-0.15, -0.1) is 0 Å². The van der Waals surface area contributed by atoms with Crippen LogP contribution in [0.3, 0.4) is 0 Å². The molecule has 0 aliphatic heterocycles. The minimum Gasteiger partial charge on any atom is -0.462 e. The number of carbonyl (C=O) groups excluding carboxylic acids is 2. The summed E-state index contributed by atoms with van der Waals surface area (Å²) in [5.41, 5.74) is 0.747. The third kappa shape index (κ3) is 3.97. The minimum atomic E-state index is -0.605. The second kappa shape index (κ2) is 7.52. The smallest absolute Gasteiger partial charge is 0.412 e. The fraction of sp³-hybridized carbons (Fsp3) is 0.615. The molecule has 0 bridgehead atoms. The van der Waals surface area contributed by atoms with Gasteiger partial charge in [0.15, 0.2) is 0 Å². The summed E-state index contributed by atoms with van der Waals surface area (Å²) in [6.07, 6.45) is 1.13. The highest BCUT2D eigenvalue weighted by Gasteiger charge is 2.23. The molecule has 0 unspecified atom stereocenters. The Bertz CT molecular complexity index is 482. The van der Waals surface area contributed by atoms with Gasteiger partial charge in [-0.2, -0.15) is 5.10 Å². The number of anilines is 1. The highest BCUT2D eigenvalue weighted by molar-refractivity contribution is 5.99. The Kier molecular flexibility index (Phi) is 6.02. The van der Waals surface area contributed by atoms with E-state index < -0.39 is 12.1 Å². The zero-order chi connectivity index (χ0) is 15.1. The molecule has 0 radical (unpaired) electrons. The molecule has 20 heavy (non-hydrogen) atoms. The number of aromatic nitrogens is 2. The Morgan fingerprint density at radius 3 is 2.60 bits per heavy atom. The van der Waals surface area contributed by atoms with Crippen LogP contribution < -0.4 is 5.32 Å². The molecule has 0 saturated heterocycles. The number of nitrogens with zero attached hydrogens (tertiary/aromatic N) is 2. The monoisotopic (exact) mass is 283 g/mol. The Labute approximate surface area is 118 Å². The third-order valence-electron chi connectivity index (χ3n) is 2.65. The predicted molar refractivity (Wildman–Crippen MR) is 73.8 cm³/mol. The Morgan fingerprint density at radius 1 is 1.30 bits per heavy atom. The number of unbranched alkanes of at least 4 members (excludes halogenated alkanes) is 1. The average molecular weight is 283 g/mol. The normalized spacial score (nSPS) is 10.2. The molecule has 0 aromatic carbocycles. The first-order valence-corrected chi connectivity index (χ1v) is 6.65. The highest BCUT2D eigenvalue weighted by Crippen LogP contribution is 2.20. The van der Waals surface area contributed by atoms with E-state index in [0.29, 0.717) is 12.3 Å². The lowest BCUT2D eigenvalue weighted by Crippen LogP contribution is -2.19. The van der Waals surface area contributed by atoms with Crippen molar-refractivity contribution in [2.75, 3.05) is 18.5 Å². The first-order valence-electron chi connectivity index (χ1n) is 6.65. The van der Waals surface area contributed by atoms with E-state index in [0.717, 1.165) is 12.8 Å². The number of nitrogens with one attached hydrogen (secondary N) is 1. The predicted octanol–water partition coefficient (Wildman–Crippen LogP) is 2.25. The summed E-state index contributed by atoms with van der Waals surface area (Å²) >= 11 is 0. The number of aryl methyl sites for hydroxylation is 2. The number of esters is 1. The van der Waals surface area contributed by atoms with Gasteiger partial charge in [0, 0.05) is 7.05 Å². The SMILES string of the molecule is CCCCOC(=O)Nc1c(C(=O)OCC)c(C)nn1C. The molecule has 1 aromatic heterocycles. The lowest BCUT2D eigenvalue weighted by molar-refractivity contribution is 0.0526. The molecule has 1 N–H and O–H groups in total. The first-order chi connectivity index (χ1) is 9.51. The van der Waals surface area contributed by atoms with Crippen molar-refractivity contribution < 1.29 is 19.1 Å². The van der Waals surface area contributed by atoms with Crippen LogP contribution in [0, 0.1) is 6.92 Å². The van der Waals surface area contributed by atoms with Gasteiger partial charge in [0.1, 0.15) is 11.4 Å². The van der Waals surface area contributed by atoms with E-state index in [1.807, 2.05) is 6.92 Å². The molecule has 1 amide bonds. The van der Waals surface area contributed by atoms with Gasteiger partial charge in [0.05, 0.1) is 18.9 Å². The van der Waals surface area contributed by atoms with Crippen LogP contribution in [0.5, 0.6) is 0 Å². The number of rotatable bonds is 6. The number of ether oxygens (including phenoxy) is 2. The van der Waals surface area contributed by atoms with Gasteiger partial charge >= 0.3 is 12.1 Å². The fourth-order valence-electron chi connectivity index (χ4n) is 1.69. The van der Waals surface area contributed by atoms with Crippen molar-refractivity contribution in [3.05, 3.63) is 11.3 Å². The molecule has 7 nitrogen and oxygen atoms in total. The van der Waals surface area contributed by atoms with Crippen LogP contribution in [0.1, 0.15) is 42.7 Å². The van der Waals surface area contributed by atoms with Gasteiger partial charge in [-0.05, 0) is 20.3 Å². The summed E-state index contributed by atoms with van der Waals surface area (Å²) in [7, 11) is 1.64. The molecular formula is C13H21N3O4. The molecule has 1 rings (SSSR count).